The molecule has 0 saturated heterocycles. The van der Waals surface area contributed by atoms with Crippen LogP contribution in [0.25, 0.3) is 10.9 Å². The average Bonchev–Trinajstić information content (AvgIpc) is 2.70. The first kappa shape index (κ1) is 17.3. The maximum absolute atomic E-state index is 12.0. The van der Waals surface area contributed by atoms with Gasteiger partial charge in [0.05, 0.1) is 13.7 Å². The van der Waals surface area contributed by atoms with Gasteiger partial charge < -0.3 is 14.8 Å². The van der Waals surface area contributed by atoms with Crippen LogP contribution in [0.4, 0.5) is 0 Å². The first-order chi connectivity index (χ1) is 12.8. The normalized spacial score (nSPS) is 9.88. The molecule has 3 rings (SSSR count). The Bertz CT molecular complexity index is 968. The molecular weight excluding hydrogens is 328 g/mol. The van der Waals surface area contributed by atoms with Gasteiger partial charge in [0.15, 0.2) is 0 Å². The van der Waals surface area contributed by atoms with Gasteiger partial charge in [-0.25, -0.2) is 0 Å². The van der Waals surface area contributed by atoms with E-state index in [2.05, 4.69) is 22.1 Å². The molecule has 5 heteroatoms. The fourth-order valence-corrected chi connectivity index (χ4v) is 2.41. The van der Waals surface area contributed by atoms with Crippen LogP contribution in [-0.4, -0.2) is 31.2 Å². The number of carbonyl (C=O) groups is 1. The van der Waals surface area contributed by atoms with Gasteiger partial charge in [-0.3, -0.25) is 9.78 Å². The minimum Gasteiger partial charge on any atom is -0.497 e. The van der Waals surface area contributed by atoms with Gasteiger partial charge in [0.1, 0.15) is 23.6 Å². The van der Waals surface area contributed by atoms with E-state index < -0.39 is 0 Å². The summed E-state index contributed by atoms with van der Waals surface area (Å²) in [5.41, 5.74) is 1.34. The van der Waals surface area contributed by atoms with Gasteiger partial charge >= 0.3 is 0 Å². The lowest BCUT2D eigenvalue weighted by Gasteiger charge is -2.05. The molecule has 0 atom stereocenters. The molecule has 1 N–H and O–H groups in total. The van der Waals surface area contributed by atoms with E-state index in [4.69, 9.17) is 9.47 Å². The summed E-state index contributed by atoms with van der Waals surface area (Å²) in [6, 6.07) is 16.6. The highest BCUT2D eigenvalue weighted by molar-refractivity contribution is 5.94. The van der Waals surface area contributed by atoms with Crippen LogP contribution < -0.4 is 14.8 Å². The van der Waals surface area contributed by atoms with Gasteiger partial charge in [-0.05, 0) is 30.3 Å². The van der Waals surface area contributed by atoms with Crippen LogP contribution in [0.5, 0.6) is 11.5 Å². The third-order valence-corrected chi connectivity index (χ3v) is 3.69. The maximum Gasteiger partial charge on any atom is 0.252 e. The molecule has 2 aromatic carbocycles. The Labute approximate surface area is 152 Å². The number of ether oxygens (including phenoxy) is 2. The Kier molecular flexibility index (Phi) is 5.69. The molecule has 0 bridgehead atoms. The third-order valence-electron chi connectivity index (χ3n) is 3.69. The highest BCUT2D eigenvalue weighted by Gasteiger charge is 2.05. The van der Waals surface area contributed by atoms with Crippen molar-refractivity contribution in [3.8, 4) is 23.3 Å². The maximum atomic E-state index is 12.0. The first-order valence-corrected chi connectivity index (χ1v) is 8.12. The number of hydrogen-bond donors (Lipinski definition) is 1. The minimum absolute atomic E-state index is 0.197. The average molecular weight is 346 g/mol. The number of fused-ring (bicyclic) bond motifs is 1. The molecule has 0 aliphatic carbocycles. The summed E-state index contributed by atoms with van der Waals surface area (Å²) in [5.74, 6) is 6.90. The van der Waals surface area contributed by atoms with Crippen LogP contribution in [0.2, 0.25) is 0 Å². The van der Waals surface area contributed by atoms with Crippen molar-refractivity contribution in [1.82, 2.24) is 10.3 Å². The van der Waals surface area contributed by atoms with Crippen molar-refractivity contribution in [2.75, 3.05) is 20.3 Å². The zero-order chi connectivity index (χ0) is 18.2. The van der Waals surface area contributed by atoms with E-state index in [0.29, 0.717) is 17.1 Å². The lowest BCUT2D eigenvalue weighted by Crippen LogP contribution is -2.23. The second-order valence-corrected chi connectivity index (χ2v) is 5.39. The highest BCUT2D eigenvalue weighted by atomic mass is 16.5. The summed E-state index contributed by atoms with van der Waals surface area (Å²) in [6.07, 6.45) is 1.73. The minimum atomic E-state index is -0.197. The fourth-order valence-electron chi connectivity index (χ4n) is 2.41. The van der Waals surface area contributed by atoms with Crippen LogP contribution in [0.1, 0.15) is 10.4 Å². The van der Waals surface area contributed by atoms with Gasteiger partial charge in [0.2, 0.25) is 0 Å². The predicted octanol–water partition coefficient (Wildman–Crippen LogP) is 3.06. The van der Waals surface area contributed by atoms with E-state index in [9.17, 15) is 4.79 Å². The Hall–Kier alpha value is -3.52. The highest BCUT2D eigenvalue weighted by Crippen LogP contribution is 2.22. The van der Waals surface area contributed by atoms with Crippen molar-refractivity contribution in [2.45, 2.75) is 0 Å². The molecular formula is C21H18N2O3. The smallest absolute Gasteiger partial charge is 0.252 e. The Morgan fingerprint density at radius 1 is 1.12 bits per heavy atom. The molecule has 1 heterocycles. The van der Waals surface area contributed by atoms with Crippen molar-refractivity contribution in [3.05, 3.63) is 66.4 Å². The van der Waals surface area contributed by atoms with Crippen molar-refractivity contribution in [3.63, 3.8) is 0 Å². The van der Waals surface area contributed by atoms with Gasteiger partial charge in [0.25, 0.3) is 5.91 Å². The summed E-state index contributed by atoms with van der Waals surface area (Å²) in [6.45, 7) is 0.470. The number of nitrogens with one attached hydrogen (secondary N) is 1. The van der Waals surface area contributed by atoms with Crippen LogP contribution in [0, 0.1) is 11.8 Å². The molecule has 26 heavy (non-hydrogen) atoms. The summed E-state index contributed by atoms with van der Waals surface area (Å²) in [5, 5.41) is 3.76. The lowest BCUT2D eigenvalue weighted by molar-refractivity contribution is 0.0958. The predicted molar refractivity (Wildman–Crippen MR) is 100 cm³/mol. The molecule has 0 aliphatic rings. The van der Waals surface area contributed by atoms with Crippen molar-refractivity contribution in [2.24, 2.45) is 0 Å². The van der Waals surface area contributed by atoms with E-state index in [1.54, 1.807) is 37.6 Å². The zero-order valence-electron chi connectivity index (χ0n) is 14.4. The Morgan fingerprint density at radius 3 is 2.85 bits per heavy atom. The number of para-hydroxylation sites is 1. The van der Waals surface area contributed by atoms with E-state index in [1.165, 1.54) is 0 Å². The standard InChI is InChI=1S/C21H18N2O3/c1-25-18-10-4-8-17(15-18)21(24)23-12-2-3-14-26-19-11-5-7-16-9-6-13-22-20(16)19/h4-11,13,15H,12,14H2,1H3,(H,23,24). The van der Waals surface area contributed by atoms with Crippen molar-refractivity contribution >= 4 is 16.8 Å². The van der Waals surface area contributed by atoms with E-state index in [1.807, 2.05) is 30.3 Å². The summed E-state index contributed by atoms with van der Waals surface area (Å²) in [7, 11) is 1.56. The van der Waals surface area contributed by atoms with Gasteiger partial charge in [-0.2, -0.15) is 0 Å². The number of rotatable bonds is 5. The number of carbonyl (C=O) groups excluding carboxylic acids is 1. The van der Waals surface area contributed by atoms with E-state index in [-0.39, 0.29) is 19.1 Å². The number of aromatic nitrogens is 1. The SMILES string of the molecule is COc1cccc(C(=O)NCC#CCOc2cccc3cccnc23)c1. The van der Waals surface area contributed by atoms with E-state index >= 15 is 0 Å². The second kappa shape index (κ2) is 8.54. The summed E-state index contributed by atoms with van der Waals surface area (Å²) < 4.78 is 10.8. The molecule has 0 spiro atoms. The number of hydrogen-bond acceptors (Lipinski definition) is 4. The number of methoxy groups -OCH3 is 1. The van der Waals surface area contributed by atoms with Gasteiger partial charge in [-0.1, -0.05) is 36.1 Å². The zero-order valence-corrected chi connectivity index (χ0v) is 14.4. The molecule has 130 valence electrons. The van der Waals surface area contributed by atoms with Crippen molar-refractivity contribution < 1.29 is 14.3 Å². The molecule has 1 amide bonds. The summed E-state index contributed by atoms with van der Waals surface area (Å²) in [4.78, 5) is 16.4. The van der Waals surface area contributed by atoms with Gasteiger partial charge in [-0.15, -0.1) is 0 Å². The molecule has 0 saturated carbocycles. The van der Waals surface area contributed by atoms with Crippen molar-refractivity contribution in [1.29, 1.82) is 0 Å². The number of benzene rings is 2. The topological polar surface area (TPSA) is 60.5 Å². The number of pyridine rings is 1. The fraction of sp³-hybridized carbons (Fsp3) is 0.143. The van der Waals surface area contributed by atoms with Crippen LogP contribution in [0.3, 0.4) is 0 Å². The number of nitrogens with zero attached hydrogens (tertiary/aromatic N) is 1. The van der Waals surface area contributed by atoms with Gasteiger partial charge in [0, 0.05) is 17.1 Å². The second-order valence-electron chi connectivity index (χ2n) is 5.39. The Balaban J connectivity index is 1.50. The first-order valence-electron chi connectivity index (χ1n) is 8.12. The largest absolute Gasteiger partial charge is 0.497 e. The monoisotopic (exact) mass is 346 g/mol. The van der Waals surface area contributed by atoms with E-state index in [0.717, 1.165) is 10.9 Å². The number of amides is 1. The third kappa shape index (κ3) is 4.31. The summed E-state index contributed by atoms with van der Waals surface area (Å²) >= 11 is 0. The molecule has 5 nitrogen and oxygen atoms in total. The van der Waals surface area contributed by atoms with Crippen LogP contribution in [0.15, 0.2) is 60.8 Å². The lowest BCUT2D eigenvalue weighted by atomic mass is 10.2. The quantitative estimate of drug-likeness (QED) is 0.722. The molecule has 0 fully saturated rings. The molecule has 3 aromatic rings. The van der Waals surface area contributed by atoms with Crippen LogP contribution >= 0.6 is 0 Å². The molecule has 0 aliphatic heterocycles. The Morgan fingerprint density at radius 2 is 1.96 bits per heavy atom. The molecule has 1 aromatic heterocycles. The molecule has 0 radical (unpaired) electrons. The van der Waals surface area contributed by atoms with Crippen LogP contribution in [-0.2, 0) is 0 Å². The molecule has 0 unspecified atom stereocenters.